The van der Waals surface area contributed by atoms with E-state index in [0.29, 0.717) is 5.92 Å². The van der Waals surface area contributed by atoms with Crippen LogP contribution in [0.25, 0.3) is 0 Å². The van der Waals surface area contributed by atoms with Crippen molar-refractivity contribution in [2.75, 3.05) is 13.1 Å². The molecular formula is C15H21NO2. The van der Waals surface area contributed by atoms with Gasteiger partial charge in [-0.1, -0.05) is 18.6 Å². The molecule has 0 aromatic carbocycles. The Bertz CT molecular complexity index is 393. The Balaban J connectivity index is 1.79. The molecule has 0 spiro atoms. The fourth-order valence-corrected chi connectivity index (χ4v) is 3.43. The van der Waals surface area contributed by atoms with Crippen molar-refractivity contribution in [1.82, 2.24) is 4.90 Å². The van der Waals surface area contributed by atoms with Gasteiger partial charge in [0.25, 0.3) is 0 Å². The van der Waals surface area contributed by atoms with Crippen molar-refractivity contribution in [1.29, 1.82) is 0 Å². The van der Waals surface area contributed by atoms with E-state index < -0.39 is 0 Å². The fraction of sp³-hybridized carbons (Fsp3) is 0.667. The molecule has 0 aromatic heterocycles. The highest BCUT2D eigenvalue weighted by Crippen LogP contribution is 2.38. The average Bonchev–Trinajstić information content (AvgIpc) is 2.98. The Morgan fingerprint density at radius 3 is 2.72 bits per heavy atom. The van der Waals surface area contributed by atoms with Crippen LogP contribution in [0.3, 0.4) is 0 Å². The number of likely N-dealkylation sites (tertiary alicyclic amines) is 1. The van der Waals surface area contributed by atoms with Gasteiger partial charge in [0.15, 0.2) is 0 Å². The van der Waals surface area contributed by atoms with Crippen LogP contribution in [0.1, 0.15) is 38.5 Å². The first-order valence-electron chi connectivity index (χ1n) is 7.10. The Morgan fingerprint density at radius 2 is 2.00 bits per heavy atom. The van der Waals surface area contributed by atoms with E-state index >= 15 is 0 Å². The van der Waals surface area contributed by atoms with Crippen LogP contribution in [0.5, 0.6) is 0 Å². The summed E-state index contributed by atoms with van der Waals surface area (Å²) < 4.78 is 5.56. The molecule has 1 saturated heterocycles. The number of carbonyl (C=O) groups excluding carboxylic acids is 1. The maximum Gasteiger partial charge on any atom is 0.333 e. The van der Waals surface area contributed by atoms with Gasteiger partial charge in [-0.05, 0) is 32.1 Å². The Kier molecular flexibility index (Phi) is 3.14. The molecule has 3 nitrogen and oxygen atoms in total. The van der Waals surface area contributed by atoms with E-state index in [4.69, 9.17) is 4.74 Å². The van der Waals surface area contributed by atoms with E-state index in [1.54, 1.807) is 6.08 Å². The second-order valence-electron chi connectivity index (χ2n) is 5.63. The van der Waals surface area contributed by atoms with Gasteiger partial charge in [0.1, 0.15) is 6.10 Å². The highest BCUT2D eigenvalue weighted by Gasteiger charge is 2.38. The van der Waals surface area contributed by atoms with Gasteiger partial charge in [-0.3, -0.25) is 0 Å². The van der Waals surface area contributed by atoms with Gasteiger partial charge in [0.05, 0.1) is 5.70 Å². The summed E-state index contributed by atoms with van der Waals surface area (Å²) >= 11 is 0. The number of hydrogen-bond donors (Lipinski definition) is 0. The Morgan fingerprint density at radius 1 is 1.22 bits per heavy atom. The summed E-state index contributed by atoms with van der Waals surface area (Å²) in [5, 5.41) is 0. The minimum Gasteiger partial charge on any atom is -0.452 e. The summed E-state index contributed by atoms with van der Waals surface area (Å²) in [5.74, 6) is 0.178. The van der Waals surface area contributed by atoms with Crippen LogP contribution >= 0.6 is 0 Å². The van der Waals surface area contributed by atoms with E-state index in [1.807, 2.05) is 0 Å². The van der Waals surface area contributed by atoms with Gasteiger partial charge in [-0.2, -0.15) is 0 Å². The lowest BCUT2D eigenvalue weighted by Crippen LogP contribution is -2.33. The maximum absolute atomic E-state index is 11.6. The lowest BCUT2D eigenvalue weighted by Gasteiger charge is -2.33. The van der Waals surface area contributed by atoms with Gasteiger partial charge >= 0.3 is 5.97 Å². The topological polar surface area (TPSA) is 29.5 Å². The summed E-state index contributed by atoms with van der Waals surface area (Å²) in [6, 6.07) is 0. The van der Waals surface area contributed by atoms with Gasteiger partial charge < -0.3 is 9.64 Å². The summed E-state index contributed by atoms with van der Waals surface area (Å²) in [7, 11) is 0. The van der Waals surface area contributed by atoms with E-state index in [0.717, 1.165) is 31.6 Å². The van der Waals surface area contributed by atoms with Gasteiger partial charge in [-0.15, -0.1) is 0 Å². The number of cyclic esters (lactones) is 1. The first-order chi connectivity index (χ1) is 8.75. The van der Waals surface area contributed by atoms with Crippen LogP contribution < -0.4 is 0 Å². The molecule has 18 heavy (non-hydrogen) atoms. The molecule has 1 aliphatic carbocycles. The highest BCUT2D eigenvalue weighted by molar-refractivity contribution is 5.85. The van der Waals surface area contributed by atoms with Crippen LogP contribution in [0.4, 0.5) is 0 Å². The molecule has 0 amide bonds. The maximum atomic E-state index is 11.6. The van der Waals surface area contributed by atoms with Crippen LogP contribution in [-0.2, 0) is 9.53 Å². The predicted octanol–water partition coefficient (Wildman–Crippen LogP) is 2.64. The van der Waals surface area contributed by atoms with Crippen LogP contribution in [0, 0.1) is 5.92 Å². The first-order valence-corrected chi connectivity index (χ1v) is 7.10. The van der Waals surface area contributed by atoms with Gasteiger partial charge in [-0.25, -0.2) is 4.79 Å². The summed E-state index contributed by atoms with van der Waals surface area (Å²) in [5.41, 5.74) is 2.39. The molecule has 1 saturated carbocycles. The molecule has 3 rings (SSSR count). The van der Waals surface area contributed by atoms with Crippen molar-refractivity contribution >= 4 is 5.97 Å². The Labute approximate surface area is 108 Å². The second kappa shape index (κ2) is 4.79. The SMILES string of the molecule is C=C1CCCC[C@H]1[C@H]1OC(=O)C=C1N1CCCC1. The second-order valence-corrected chi connectivity index (χ2v) is 5.63. The van der Waals surface area contributed by atoms with Crippen LogP contribution in [0.15, 0.2) is 23.9 Å². The van der Waals surface area contributed by atoms with E-state index in [2.05, 4.69) is 11.5 Å². The molecule has 0 bridgehead atoms. The van der Waals surface area contributed by atoms with Crippen molar-refractivity contribution in [3.63, 3.8) is 0 Å². The summed E-state index contributed by atoms with van der Waals surface area (Å²) in [6.45, 7) is 6.32. The Hall–Kier alpha value is -1.25. The zero-order chi connectivity index (χ0) is 12.5. The molecule has 0 unspecified atom stereocenters. The third-order valence-electron chi connectivity index (χ3n) is 4.42. The lowest BCUT2D eigenvalue weighted by atomic mass is 9.80. The number of hydrogen-bond acceptors (Lipinski definition) is 3. The number of rotatable bonds is 2. The van der Waals surface area contributed by atoms with Gasteiger partial charge in [0, 0.05) is 25.1 Å². The third-order valence-corrected chi connectivity index (χ3v) is 4.42. The monoisotopic (exact) mass is 247 g/mol. The molecule has 0 aromatic rings. The molecular weight excluding hydrogens is 226 g/mol. The largest absolute Gasteiger partial charge is 0.452 e. The van der Waals surface area contributed by atoms with Crippen molar-refractivity contribution in [3.05, 3.63) is 23.9 Å². The molecule has 2 aliphatic heterocycles. The summed E-state index contributed by atoms with van der Waals surface area (Å²) in [6.07, 6.45) is 8.77. The molecule has 2 fully saturated rings. The molecule has 0 N–H and O–H groups in total. The normalized spacial score (nSPS) is 32.7. The zero-order valence-electron chi connectivity index (χ0n) is 10.9. The van der Waals surface area contributed by atoms with Gasteiger partial charge in [0.2, 0.25) is 0 Å². The number of carbonyl (C=O) groups is 1. The predicted molar refractivity (Wildman–Crippen MR) is 69.9 cm³/mol. The minimum atomic E-state index is -0.166. The highest BCUT2D eigenvalue weighted by atomic mass is 16.5. The molecule has 2 atom stereocenters. The number of nitrogens with zero attached hydrogens (tertiary/aromatic N) is 1. The fourth-order valence-electron chi connectivity index (χ4n) is 3.43. The van der Waals surface area contributed by atoms with E-state index in [1.165, 1.54) is 31.3 Å². The standard InChI is InChI=1S/C15H21NO2/c1-11-6-2-3-7-12(11)15-13(10-14(17)18-15)16-8-4-5-9-16/h10,12,15H,1-9H2/t12-,15-/m1/s1. The molecule has 98 valence electrons. The van der Waals surface area contributed by atoms with Crippen molar-refractivity contribution in [2.24, 2.45) is 5.92 Å². The first kappa shape index (κ1) is 11.8. The van der Waals surface area contributed by atoms with E-state index in [9.17, 15) is 4.79 Å². The third kappa shape index (κ3) is 2.06. The lowest BCUT2D eigenvalue weighted by molar-refractivity contribution is -0.140. The molecule has 3 heteroatoms. The number of esters is 1. The molecule has 0 radical (unpaired) electrons. The summed E-state index contributed by atoms with van der Waals surface area (Å²) in [4.78, 5) is 13.9. The minimum absolute atomic E-state index is 0.0524. The van der Waals surface area contributed by atoms with E-state index in [-0.39, 0.29) is 12.1 Å². The molecule has 2 heterocycles. The van der Waals surface area contributed by atoms with Crippen LogP contribution in [0.2, 0.25) is 0 Å². The number of ether oxygens (including phenoxy) is 1. The molecule has 3 aliphatic rings. The van der Waals surface area contributed by atoms with Crippen LogP contribution in [-0.4, -0.2) is 30.1 Å². The average molecular weight is 247 g/mol. The van der Waals surface area contributed by atoms with Crippen molar-refractivity contribution < 1.29 is 9.53 Å². The quantitative estimate of drug-likeness (QED) is 0.555. The zero-order valence-corrected chi connectivity index (χ0v) is 10.9. The van der Waals surface area contributed by atoms with Crippen molar-refractivity contribution in [2.45, 2.75) is 44.6 Å². The smallest absolute Gasteiger partial charge is 0.333 e. The van der Waals surface area contributed by atoms with Crippen molar-refractivity contribution in [3.8, 4) is 0 Å².